The first-order valence-electron chi connectivity index (χ1n) is 10.9. The third-order valence-corrected chi connectivity index (χ3v) is 6.87. The molecule has 1 aliphatic heterocycles. The van der Waals surface area contributed by atoms with Gasteiger partial charge in [-0.25, -0.2) is 9.66 Å². The molecule has 0 unspecified atom stereocenters. The minimum atomic E-state index is -0.645. The van der Waals surface area contributed by atoms with Crippen LogP contribution in [-0.2, 0) is 9.59 Å². The normalized spacial score (nSPS) is 15.4. The zero-order valence-corrected chi connectivity index (χ0v) is 19.9. The molecule has 9 nitrogen and oxygen atoms in total. The second-order valence-corrected chi connectivity index (χ2v) is 8.89. The van der Waals surface area contributed by atoms with Gasteiger partial charge in [0.05, 0.1) is 31.2 Å². The van der Waals surface area contributed by atoms with Crippen molar-refractivity contribution in [1.82, 2.24) is 9.66 Å². The summed E-state index contributed by atoms with van der Waals surface area (Å²) in [5, 5.41) is 2.33. The number of amides is 2. The zero-order valence-electron chi connectivity index (χ0n) is 19.1. The molecule has 0 radical (unpaired) electrons. The Kier molecular flexibility index (Phi) is 5.96. The number of aromatic nitrogens is 2. The van der Waals surface area contributed by atoms with Gasteiger partial charge in [0.1, 0.15) is 22.7 Å². The lowest BCUT2D eigenvalue weighted by Gasteiger charge is -2.20. The molecule has 0 saturated carbocycles. The predicted molar refractivity (Wildman–Crippen MR) is 134 cm³/mol. The molecule has 1 N–H and O–H groups in total. The second kappa shape index (κ2) is 9.22. The van der Waals surface area contributed by atoms with Gasteiger partial charge in [-0.05, 0) is 17.7 Å². The number of thiophene rings is 1. The van der Waals surface area contributed by atoms with E-state index in [1.54, 1.807) is 25.3 Å². The van der Waals surface area contributed by atoms with E-state index < -0.39 is 11.8 Å². The molecule has 1 atom stereocenters. The third kappa shape index (κ3) is 4.12. The number of hydrogen-bond acceptors (Lipinski definition) is 7. The standard InChI is InChI=1S/C25H22N4O5S/c1-33-17-8-9-19(20(11-17)34-2)28-12-16(10-21(28)30)23(31)27-29-14-26-24-22(25(29)32)18(13-35-24)15-6-4-3-5-7-15/h3-9,11,13-14,16H,10,12H2,1-2H3,(H,27,31)/t16-/m0/s1. The van der Waals surface area contributed by atoms with Crippen LogP contribution < -0.4 is 25.4 Å². The van der Waals surface area contributed by atoms with E-state index in [-0.39, 0.29) is 24.4 Å². The van der Waals surface area contributed by atoms with Crippen molar-refractivity contribution < 1.29 is 19.1 Å². The Hall–Kier alpha value is -4.18. The Morgan fingerprint density at radius 1 is 1.11 bits per heavy atom. The number of rotatable bonds is 6. The van der Waals surface area contributed by atoms with E-state index in [1.807, 2.05) is 35.7 Å². The quantitative estimate of drug-likeness (QED) is 0.445. The molecule has 35 heavy (non-hydrogen) atoms. The molecule has 10 heteroatoms. The van der Waals surface area contributed by atoms with Crippen LogP contribution in [0.25, 0.3) is 21.3 Å². The highest BCUT2D eigenvalue weighted by molar-refractivity contribution is 7.17. The van der Waals surface area contributed by atoms with E-state index in [1.165, 1.54) is 29.7 Å². The minimum absolute atomic E-state index is 0.0131. The average molecular weight is 491 g/mol. The van der Waals surface area contributed by atoms with Gasteiger partial charge in [-0.2, -0.15) is 0 Å². The van der Waals surface area contributed by atoms with Crippen LogP contribution in [0.2, 0.25) is 0 Å². The zero-order chi connectivity index (χ0) is 24.5. The van der Waals surface area contributed by atoms with Gasteiger partial charge < -0.3 is 14.4 Å². The maximum absolute atomic E-state index is 13.2. The smallest absolute Gasteiger partial charge is 0.281 e. The van der Waals surface area contributed by atoms with Gasteiger partial charge in [-0.15, -0.1) is 11.3 Å². The number of anilines is 1. The summed E-state index contributed by atoms with van der Waals surface area (Å²) < 4.78 is 11.7. The molecule has 4 aromatic rings. The molecular formula is C25H22N4O5S. The molecule has 1 fully saturated rings. The van der Waals surface area contributed by atoms with Crippen LogP contribution in [0.3, 0.4) is 0 Å². The average Bonchev–Trinajstić information content (AvgIpc) is 3.50. The fraction of sp³-hybridized carbons (Fsp3) is 0.200. The van der Waals surface area contributed by atoms with E-state index in [0.29, 0.717) is 27.4 Å². The topological polar surface area (TPSA) is 103 Å². The molecule has 1 saturated heterocycles. The maximum Gasteiger partial charge on any atom is 0.281 e. The lowest BCUT2D eigenvalue weighted by molar-refractivity contribution is -0.123. The first-order valence-corrected chi connectivity index (χ1v) is 11.8. The van der Waals surface area contributed by atoms with Crippen LogP contribution in [0.5, 0.6) is 11.5 Å². The Morgan fingerprint density at radius 2 is 1.91 bits per heavy atom. The van der Waals surface area contributed by atoms with Crippen LogP contribution >= 0.6 is 11.3 Å². The molecule has 2 aromatic heterocycles. The van der Waals surface area contributed by atoms with Gasteiger partial charge in [0.2, 0.25) is 11.8 Å². The summed E-state index contributed by atoms with van der Waals surface area (Å²) in [5.41, 5.74) is 4.47. The van der Waals surface area contributed by atoms with Crippen molar-refractivity contribution >= 4 is 39.1 Å². The van der Waals surface area contributed by atoms with E-state index >= 15 is 0 Å². The Bertz CT molecular complexity index is 1480. The summed E-state index contributed by atoms with van der Waals surface area (Å²) in [6.07, 6.45) is 1.31. The Labute approximate surface area is 204 Å². The van der Waals surface area contributed by atoms with Crippen LogP contribution in [-0.4, -0.2) is 42.2 Å². The monoisotopic (exact) mass is 490 g/mol. The molecule has 3 heterocycles. The summed E-state index contributed by atoms with van der Waals surface area (Å²) in [5.74, 6) is -0.229. The lowest BCUT2D eigenvalue weighted by atomic mass is 10.1. The van der Waals surface area contributed by atoms with Crippen LogP contribution in [0.4, 0.5) is 5.69 Å². The highest BCUT2D eigenvalue weighted by atomic mass is 32.1. The molecule has 0 spiro atoms. The third-order valence-electron chi connectivity index (χ3n) is 5.98. The van der Waals surface area contributed by atoms with Crippen molar-refractivity contribution in [3.05, 3.63) is 70.6 Å². The van der Waals surface area contributed by atoms with Crippen molar-refractivity contribution in [3.8, 4) is 22.6 Å². The number of hydrogen-bond donors (Lipinski definition) is 1. The van der Waals surface area contributed by atoms with Gasteiger partial charge in [-0.3, -0.25) is 19.8 Å². The van der Waals surface area contributed by atoms with Gasteiger partial charge in [-0.1, -0.05) is 30.3 Å². The highest BCUT2D eigenvalue weighted by Crippen LogP contribution is 2.36. The number of benzene rings is 2. The Balaban J connectivity index is 1.39. The number of nitrogens with zero attached hydrogens (tertiary/aromatic N) is 3. The fourth-order valence-electron chi connectivity index (χ4n) is 4.18. The summed E-state index contributed by atoms with van der Waals surface area (Å²) in [7, 11) is 3.05. The molecule has 0 bridgehead atoms. The van der Waals surface area contributed by atoms with Crippen molar-refractivity contribution in [2.24, 2.45) is 5.92 Å². The van der Waals surface area contributed by atoms with Crippen LogP contribution in [0, 0.1) is 5.92 Å². The molecular weight excluding hydrogens is 468 g/mol. The van der Waals surface area contributed by atoms with E-state index in [4.69, 9.17) is 9.47 Å². The van der Waals surface area contributed by atoms with E-state index in [2.05, 4.69) is 10.4 Å². The molecule has 0 aliphatic carbocycles. The minimum Gasteiger partial charge on any atom is -0.497 e. The summed E-state index contributed by atoms with van der Waals surface area (Å²) in [6.45, 7) is 0.158. The van der Waals surface area contributed by atoms with Crippen molar-refractivity contribution in [2.75, 3.05) is 31.1 Å². The molecule has 1 aliphatic rings. The molecule has 2 aromatic carbocycles. The number of carbonyl (C=O) groups excluding carboxylic acids is 2. The number of ether oxygens (including phenoxy) is 2. The summed E-state index contributed by atoms with van der Waals surface area (Å²) >= 11 is 1.37. The first kappa shape index (κ1) is 22.6. The summed E-state index contributed by atoms with van der Waals surface area (Å²) in [4.78, 5) is 45.5. The largest absolute Gasteiger partial charge is 0.497 e. The SMILES string of the molecule is COc1ccc(N2C[C@@H](C(=O)Nn3cnc4scc(-c5ccccc5)c4c3=O)CC2=O)c(OC)c1. The lowest BCUT2D eigenvalue weighted by Crippen LogP contribution is -2.37. The molecule has 2 amide bonds. The van der Waals surface area contributed by atoms with Gasteiger partial charge in [0.25, 0.3) is 5.56 Å². The maximum atomic E-state index is 13.2. The predicted octanol–water partition coefficient (Wildman–Crippen LogP) is 3.27. The number of nitrogens with one attached hydrogen (secondary N) is 1. The number of carbonyl (C=O) groups is 2. The summed E-state index contributed by atoms with van der Waals surface area (Å²) in [6, 6.07) is 14.7. The first-order chi connectivity index (χ1) is 17.0. The van der Waals surface area contributed by atoms with Gasteiger partial charge in [0, 0.05) is 30.0 Å². The Morgan fingerprint density at radius 3 is 2.66 bits per heavy atom. The van der Waals surface area contributed by atoms with E-state index in [9.17, 15) is 14.4 Å². The fourth-order valence-corrected chi connectivity index (χ4v) is 5.08. The van der Waals surface area contributed by atoms with Gasteiger partial charge >= 0.3 is 0 Å². The van der Waals surface area contributed by atoms with Crippen molar-refractivity contribution in [2.45, 2.75) is 6.42 Å². The molecule has 178 valence electrons. The van der Waals surface area contributed by atoms with Gasteiger partial charge in [0.15, 0.2) is 0 Å². The number of methoxy groups -OCH3 is 2. The van der Waals surface area contributed by atoms with Crippen LogP contribution in [0.15, 0.2) is 65.0 Å². The van der Waals surface area contributed by atoms with Crippen LogP contribution in [0.1, 0.15) is 6.42 Å². The van der Waals surface area contributed by atoms with E-state index in [0.717, 1.165) is 15.8 Å². The number of fused-ring (bicyclic) bond motifs is 1. The molecule has 5 rings (SSSR count). The van der Waals surface area contributed by atoms with Crippen molar-refractivity contribution in [3.63, 3.8) is 0 Å². The second-order valence-electron chi connectivity index (χ2n) is 8.03. The van der Waals surface area contributed by atoms with Crippen molar-refractivity contribution in [1.29, 1.82) is 0 Å². The highest BCUT2D eigenvalue weighted by Gasteiger charge is 2.36.